The molecule has 0 amide bonds. The number of non-ortho nitro benzene ring substituents is 2. The molecule has 0 aliphatic carbocycles. The van der Waals surface area contributed by atoms with Gasteiger partial charge in [0, 0.05) is 35.6 Å². The quantitative estimate of drug-likeness (QED) is 0.0860. The van der Waals surface area contributed by atoms with Gasteiger partial charge in [-0.05, 0) is 30.3 Å². The summed E-state index contributed by atoms with van der Waals surface area (Å²) in [5.41, 5.74) is -1.92. The molecule has 0 bridgehead atoms. The van der Waals surface area contributed by atoms with Crippen LogP contribution in [0.2, 0.25) is 0 Å². The van der Waals surface area contributed by atoms with Crippen LogP contribution in [-0.4, -0.2) is 32.2 Å². The molecule has 0 aliphatic rings. The van der Waals surface area contributed by atoms with Gasteiger partial charge in [-0.2, -0.15) is 10.2 Å². The number of para-hydroxylation sites is 2. The van der Waals surface area contributed by atoms with Crippen molar-refractivity contribution >= 4 is 44.2 Å². The van der Waals surface area contributed by atoms with Gasteiger partial charge >= 0.3 is 20.2 Å². The number of azo groups is 2. The van der Waals surface area contributed by atoms with Crippen LogP contribution in [0.25, 0.3) is 11.4 Å². The summed E-state index contributed by atoms with van der Waals surface area (Å²) in [7, 11) is -5.29. The summed E-state index contributed by atoms with van der Waals surface area (Å²) < 4.78 is 35.9. The van der Waals surface area contributed by atoms with Crippen LogP contribution in [0.1, 0.15) is 14.2 Å². The van der Waals surface area contributed by atoms with Gasteiger partial charge in [0.1, 0.15) is 21.5 Å². The molecule has 4 aromatic carbocycles. The number of nitrogens with zero attached hydrogens (tertiary/aromatic N) is 10. The van der Waals surface area contributed by atoms with Crippen molar-refractivity contribution in [3.63, 3.8) is 0 Å². The first kappa shape index (κ1) is 40.7. The van der Waals surface area contributed by atoms with E-state index in [4.69, 9.17) is 0 Å². The van der Waals surface area contributed by atoms with Gasteiger partial charge in [-0.15, -0.1) is 21.6 Å². The maximum absolute atomic E-state index is 12.5. The summed E-state index contributed by atoms with van der Waals surface area (Å²) in [5, 5.41) is 68.4. The van der Waals surface area contributed by atoms with Crippen LogP contribution < -0.4 is 31.5 Å². The van der Waals surface area contributed by atoms with Crippen molar-refractivity contribution in [2.45, 2.75) is 18.7 Å². The second kappa shape index (κ2) is 16.7. The minimum atomic E-state index is -5.29. The van der Waals surface area contributed by atoms with Gasteiger partial charge in [-0.3, -0.25) is 29.8 Å². The standard InChI is InChI=1S/C16H13N5O7S.C16H13N5O4.Cr/c1-9-14(16(23)20(19-9)10-5-3-2-4-6-10)18-17-12-7-11(21(24)25)8-13(15(12)22)29(26,27)28;1-10-15(16(23)20(19-10)11-5-3-2-4-6-11)18-17-13-8-7-12(21(24)25)9-14(13)22;/h2-8H,1H3,(H3,17,18,19,22,23,26,27,28);2-9H,1H3,(H2,17,18,19,22,23);/q;;+3/p-3. The molecule has 0 spiro atoms. The number of nitro groups is 2. The molecular formula is C32H23CrN10O11S. The molecule has 0 fully saturated rings. The zero-order chi connectivity index (χ0) is 39.3. The van der Waals surface area contributed by atoms with Gasteiger partial charge in [-0.25, -0.2) is 8.42 Å². The normalized spacial score (nSPS) is 11.3. The molecule has 0 N–H and O–H groups in total. The van der Waals surface area contributed by atoms with Crippen molar-refractivity contribution in [3.05, 3.63) is 143 Å². The van der Waals surface area contributed by atoms with Crippen molar-refractivity contribution in [1.29, 1.82) is 0 Å². The molecule has 23 heteroatoms. The van der Waals surface area contributed by atoms with E-state index in [1.165, 1.54) is 17.7 Å². The van der Waals surface area contributed by atoms with Gasteiger partial charge in [0.25, 0.3) is 22.5 Å². The van der Waals surface area contributed by atoms with Crippen molar-refractivity contribution in [3.8, 4) is 22.9 Å². The summed E-state index contributed by atoms with van der Waals surface area (Å²) in [6.45, 7) is 3.05. The third-order valence-electron chi connectivity index (χ3n) is 7.15. The molecule has 21 nitrogen and oxygen atoms in total. The fraction of sp³-hybridized carbons (Fsp3) is 0.0625. The first-order valence-electron chi connectivity index (χ1n) is 14.9. The minimum absolute atomic E-state index is 0. The molecule has 0 aliphatic heterocycles. The van der Waals surface area contributed by atoms with Crippen LogP contribution in [0.5, 0.6) is 11.5 Å². The Morgan fingerprint density at radius 1 is 0.655 bits per heavy atom. The predicted molar refractivity (Wildman–Crippen MR) is 184 cm³/mol. The number of hydrogen-bond acceptors (Lipinski definition) is 15. The van der Waals surface area contributed by atoms with Gasteiger partial charge < -0.3 is 34.3 Å². The topological polar surface area (TPSA) is 311 Å². The van der Waals surface area contributed by atoms with E-state index in [2.05, 4.69) is 30.7 Å². The van der Waals surface area contributed by atoms with Crippen LogP contribution in [0.15, 0.2) is 126 Å². The minimum Gasteiger partial charge on any atom is -0.871 e. The van der Waals surface area contributed by atoms with E-state index in [9.17, 15) is 53.0 Å². The molecule has 2 aromatic heterocycles. The molecule has 2 heterocycles. The van der Waals surface area contributed by atoms with E-state index in [1.54, 1.807) is 61.5 Å². The first-order valence-corrected chi connectivity index (χ1v) is 16.4. The maximum Gasteiger partial charge on any atom is 3.00 e. The second-order valence-electron chi connectivity index (χ2n) is 10.8. The molecule has 6 rings (SSSR count). The summed E-state index contributed by atoms with van der Waals surface area (Å²) >= 11 is 0. The zero-order valence-corrected chi connectivity index (χ0v) is 30.0. The molecule has 279 valence electrons. The molecular weight excluding hydrogens is 784 g/mol. The van der Waals surface area contributed by atoms with Gasteiger partial charge in [-0.1, -0.05) is 61.7 Å². The van der Waals surface area contributed by atoms with Crippen molar-refractivity contribution in [1.82, 2.24) is 19.6 Å². The molecule has 0 saturated carbocycles. The van der Waals surface area contributed by atoms with Crippen LogP contribution in [0, 0.1) is 34.1 Å². The number of nitro benzene ring substituents is 2. The summed E-state index contributed by atoms with van der Waals surface area (Å²) in [5.74, 6) is -2.02. The largest absolute Gasteiger partial charge is 3.00 e. The Hall–Kier alpha value is -7.06. The fourth-order valence-corrected chi connectivity index (χ4v) is 5.16. The fourth-order valence-electron chi connectivity index (χ4n) is 4.56. The second-order valence-corrected chi connectivity index (χ2v) is 12.1. The number of aryl methyl sites for hydroxylation is 2. The van der Waals surface area contributed by atoms with E-state index < -0.39 is 58.9 Å². The Bertz CT molecular complexity index is 2700. The summed E-state index contributed by atoms with van der Waals surface area (Å²) in [4.78, 5) is 43.5. The Labute approximate surface area is 321 Å². The van der Waals surface area contributed by atoms with E-state index in [0.717, 1.165) is 16.8 Å². The van der Waals surface area contributed by atoms with Gasteiger partial charge in [0.2, 0.25) is 0 Å². The first-order chi connectivity index (χ1) is 25.6. The average molecular weight is 808 g/mol. The molecule has 55 heavy (non-hydrogen) atoms. The van der Waals surface area contributed by atoms with E-state index in [-0.39, 0.29) is 48.7 Å². The smallest absolute Gasteiger partial charge is 0.871 e. The number of hydrogen-bond donors (Lipinski definition) is 0. The summed E-state index contributed by atoms with van der Waals surface area (Å²) in [6, 6.07) is 21.3. The monoisotopic (exact) mass is 807 g/mol. The van der Waals surface area contributed by atoms with E-state index in [0.29, 0.717) is 29.2 Å². The Balaban J connectivity index is 0.000000377. The Morgan fingerprint density at radius 2 is 1.11 bits per heavy atom. The van der Waals surface area contributed by atoms with Gasteiger partial charge in [0.15, 0.2) is 0 Å². The molecule has 1 radical (unpaired) electrons. The van der Waals surface area contributed by atoms with Crippen molar-refractivity contribution in [2.75, 3.05) is 0 Å². The number of aromatic nitrogens is 4. The SMILES string of the molecule is Cc1[n-]n(-c2ccccc2)c(=O)c1N=Nc1cc([N+](=O)[O-])cc(S(=O)(=O)[O-])c1[O-].Cc1[n-]n(-c2ccccc2)c(=O)c1N=Nc1ccc([N+](=O)[O-])cc1[O-].[Cr+3].[H+].[H+]. The molecule has 0 saturated heterocycles. The molecule has 0 atom stereocenters. The number of rotatable bonds is 9. The van der Waals surface area contributed by atoms with E-state index >= 15 is 0 Å². The van der Waals surface area contributed by atoms with Gasteiger partial charge in [0.05, 0.1) is 26.1 Å². The third kappa shape index (κ3) is 9.12. The van der Waals surface area contributed by atoms with Crippen LogP contribution >= 0.6 is 0 Å². The Morgan fingerprint density at radius 3 is 1.53 bits per heavy atom. The molecule has 0 unspecified atom stereocenters. The molecule has 6 aromatic rings. The Kier molecular flexibility index (Phi) is 12.4. The van der Waals surface area contributed by atoms with Crippen LogP contribution in [0.3, 0.4) is 0 Å². The van der Waals surface area contributed by atoms with E-state index in [1.807, 2.05) is 6.07 Å². The maximum atomic E-state index is 12.5. The van der Waals surface area contributed by atoms with Crippen LogP contribution in [-0.2, 0) is 27.5 Å². The van der Waals surface area contributed by atoms with Crippen molar-refractivity contribution in [2.24, 2.45) is 20.5 Å². The summed E-state index contributed by atoms with van der Waals surface area (Å²) in [6.07, 6.45) is 0. The number of benzene rings is 4. The average Bonchev–Trinajstić information content (AvgIpc) is 3.59. The zero-order valence-electron chi connectivity index (χ0n) is 29.9. The third-order valence-corrected chi connectivity index (χ3v) is 7.99. The van der Waals surface area contributed by atoms with Crippen LogP contribution in [0.4, 0.5) is 34.1 Å². The predicted octanol–water partition coefficient (Wildman–Crippen LogP) is 4.13. The van der Waals surface area contributed by atoms with Crippen molar-refractivity contribution < 1.29 is 53.2 Å².